The van der Waals surface area contributed by atoms with Gasteiger partial charge in [0.25, 0.3) is 11.6 Å². The molecule has 20 heavy (non-hydrogen) atoms. The molecule has 0 saturated carbocycles. The van der Waals surface area contributed by atoms with Crippen molar-refractivity contribution in [2.75, 3.05) is 6.26 Å². The molecule has 8 nitrogen and oxygen atoms in total. The van der Waals surface area contributed by atoms with Gasteiger partial charge in [-0.3, -0.25) is 20.0 Å². The van der Waals surface area contributed by atoms with Crippen LogP contribution in [0.1, 0.15) is 16.2 Å². The number of nitrogens with zero attached hydrogens (tertiary/aromatic N) is 3. The number of carbonyl (C=O) groups excluding carboxylic acids is 1. The van der Waals surface area contributed by atoms with Crippen LogP contribution in [0.4, 0.5) is 5.69 Å². The van der Waals surface area contributed by atoms with E-state index in [1.165, 1.54) is 24.2 Å². The molecule has 1 aromatic carbocycles. The summed E-state index contributed by atoms with van der Waals surface area (Å²) < 4.78 is 0. The Morgan fingerprint density at radius 3 is 2.95 bits per heavy atom. The van der Waals surface area contributed by atoms with Gasteiger partial charge >= 0.3 is 0 Å². The Bertz CT molecular complexity index is 629. The van der Waals surface area contributed by atoms with Gasteiger partial charge in [0.05, 0.1) is 16.4 Å². The molecule has 9 heteroatoms. The first-order chi connectivity index (χ1) is 9.61. The maximum absolute atomic E-state index is 11.9. The predicted molar refractivity (Wildman–Crippen MR) is 72.4 cm³/mol. The number of hydrogen-bond acceptors (Lipinski definition) is 6. The fourth-order valence-electron chi connectivity index (χ4n) is 1.56. The van der Waals surface area contributed by atoms with Crippen molar-refractivity contribution in [1.29, 1.82) is 0 Å². The Kier molecular flexibility index (Phi) is 4.31. The molecular formula is C11H11N5O3S. The summed E-state index contributed by atoms with van der Waals surface area (Å²) in [7, 11) is 0. The van der Waals surface area contributed by atoms with Gasteiger partial charge in [0.15, 0.2) is 0 Å². The van der Waals surface area contributed by atoms with Crippen LogP contribution in [0, 0.1) is 10.1 Å². The average Bonchev–Trinajstić information content (AvgIpc) is 2.97. The van der Waals surface area contributed by atoms with Crippen LogP contribution >= 0.6 is 11.8 Å². The van der Waals surface area contributed by atoms with Crippen molar-refractivity contribution < 1.29 is 9.72 Å². The number of aromatic nitrogens is 3. The Labute approximate surface area is 118 Å². The highest BCUT2D eigenvalue weighted by Crippen LogP contribution is 2.28. The van der Waals surface area contributed by atoms with Crippen LogP contribution in [-0.2, 0) is 6.54 Å². The summed E-state index contributed by atoms with van der Waals surface area (Å²) in [6.45, 7) is 0.177. The van der Waals surface area contributed by atoms with Crippen LogP contribution in [0.15, 0.2) is 29.4 Å². The van der Waals surface area contributed by atoms with Gasteiger partial charge in [-0.05, 0) is 18.4 Å². The Morgan fingerprint density at radius 2 is 2.35 bits per heavy atom. The minimum Gasteiger partial charge on any atom is -0.345 e. The number of hydrogen-bond donors (Lipinski definition) is 2. The molecule has 1 amide bonds. The fraction of sp³-hybridized carbons (Fsp3) is 0.182. The summed E-state index contributed by atoms with van der Waals surface area (Å²) in [6, 6.07) is 4.38. The van der Waals surface area contributed by atoms with Crippen LogP contribution in [0.25, 0.3) is 0 Å². The van der Waals surface area contributed by atoms with Crippen LogP contribution < -0.4 is 5.32 Å². The summed E-state index contributed by atoms with van der Waals surface area (Å²) in [6.07, 6.45) is 3.07. The van der Waals surface area contributed by atoms with E-state index < -0.39 is 10.8 Å². The summed E-state index contributed by atoms with van der Waals surface area (Å²) in [4.78, 5) is 26.7. The van der Waals surface area contributed by atoms with Gasteiger partial charge in [0, 0.05) is 11.6 Å². The number of carbonyl (C=O) groups is 1. The molecule has 2 N–H and O–H groups in total. The van der Waals surface area contributed by atoms with E-state index in [1.54, 1.807) is 18.4 Å². The summed E-state index contributed by atoms with van der Waals surface area (Å²) in [5, 5.41) is 19.8. The lowest BCUT2D eigenvalue weighted by Crippen LogP contribution is -2.23. The molecule has 2 aromatic rings. The number of H-pyrrole nitrogens is 1. The number of benzene rings is 1. The first kappa shape index (κ1) is 14.0. The van der Waals surface area contributed by atoms with E-state index in [0.717, 1.165) is 0 Å². The Balaban J connectivity index is 2.13. The zero-order valence-electron chi connectivity index (χ0n) is 10.5. The lowest BCUT2D eigenvalue weighted by molar-refractivity contribution is -0.387. The van der Waals surface area contributed by atoms with Crippen molar-refractivity contribution in [3.8, 4) is 0 Å². The molecule has 0 unspecified atom stereocenters. The lowest BCUT2D eigenvalue weighted by atomic mass is 10.2. The van der Waals surface area contributed by atoms with Crippen molar-refractivity contribution in [3.63, 3.8) is 0 Å². The second-order valence-corrected chi connectivity index (χ2v) is 4.61. The first-order valence-electron chi connectivity index (χ1n) is 5.56. The standard InChI is InChI=1S/C11H11N5O3S/c1-20-9-3-2-7(4-8(9)16(18)19)11(17)12-5-10-13-6-14-15-10/h2-4,6H,5H2,1H3,(H,12,17)(H,13,14,15). The van der Waals surface area contributed by atoms with Crippen LogP contribution in [-0.4, -0.2) is 32.3 Å². The third-order valence-electron chi connectivity index (χ3n) is 2.52. The van der Waals surface area contributed by atoms with E-state index in [1.807, 2.05) is 0 Å². The van der Waals surface area contributed by atoms with Crippen LogP contribution in [0.5, 0.6) is 0 Å². The van der Waals surface area contributed by atoms with E-state index in [9.17, 15) is 14.9 Å². The maximum atomic E-state index is 11.9. The normalized spacial score (nSPS) is 10.2. The number of thioether (sulfide) groups is 1. The minimum atomic E-state index is -0.501. The third-order valence-corrected chi connectivity index (χ3v) is 3.30. The maximum Gasteiger partial charge on any atom is 0.283 e. The molecule has 0 fully saturated rings. The zero-order valence-corrected chi connectivity index (χ0v) is 11.3. The number of nitrogens with one attached hydrogen (secondary N) is 2. The van der Waals surface area contributed by atoms with Gasteiger partial charge < -0.3 is 5.32 Å². The monoisotopic (exact) mass is 293 g/mol. The second-order valence-electron chi connectivity index (χ2n) is 3.76. The largest absolute Gasteiger partial charge is 0.345 e. The number of nitro benzene ring substituents is 1. The topological polar surface area (TPSA) is 114 Å². The molecule has 104 valence electrons. The van der Waals surface area contributed by atoms with Gasteiger partial charge in [0.1, 0.15) is 12.2 Å². The summed E-state index contributed by atoms with van der Waals surface area (Å²) in [5.41, 5.74) is 0.152. The summed E-state index contributed by atoms with van der Waals surface area (Å²) >= 11 is 1.26. The molecule has 0 bridgehead atoms. The van der Waals surface area contributed by atoms with Gasteiger partial charge in [-0.2, -0.15) is 5.10 Å². The molecular weight excluding hydrogens is 282 g/mol. The zero-order chi connectivity index (χ0) is 14.5. The summed E-state index contributed by atoms with van der Waals surface area (Å²) in [5.74, 6) is 0.103. The molecule has 0 aliphatic carbocycles. The smallest absolute Gasteiger partial charge is 0.283 e. The molecule has 0 radical (unpaired) electrons. The quantitative estimate of drug-likeness (QED) is 0.489. The molecule has 1 heterocycles. The van der Waals surface area contributed by atoms with Crippen LogP contribution in [0.3, 0.4) is 0 Å². The Morgan fingerprint density at radius 1 is 1.55 bits per heavy atom. The van der Waals surface area contributed by atoms with E-state index >= 15 is 0 Å². The van der Waals surface area contributed by atoms with Gasteiger partial charge in [-0.1, -0.05) is 0 Å². The molecule has 0 saturated heterocycles. The molecule has 0 aliphatic rings. The van der Waals surface area contributed by atoms with Gasteiger partial charge in [0.2, 0.25) is 0 Å². The fourth-order valence-corrected chi connectivity index (χ4v) is 2.10. The molecule has 0 aliphatic heterocycles. The van der Waals surface area contributed by atoms with Crippen molar-refractivity contribution in [3.05, 3.63) is 46.0 Å². The molecule has 0 spiro atoms. The van der Waals surface area contributed by atoms with Crippen LogP contribution in [0.2, 0.25) is 0 Å². The number of aromatic amines is 1. The highest BCUT2D eigenvalue weighted by Gasteiger charge is 2.17. The third kappa shape index (κ3) is 3.12. The van der Waals surface area contributed by atoms with Crippen molar-refractivity contribution in [2.45, 2.75) is 11.4 Å². The first-order valence-corrected chi connectivity index (χ1v) is 6.79. The molecule has 0 atom stereocenters. The molecule has 1 aromatic heterocycles. The van der Waals surface area contributed by atoms with Crippen molar-refractivity contribution >= 4 is 23.4 Å². The van der Waals surface area contributed by atoms with Crippen molar-refractivity contribution in [2.24, 2.45) is 0 Å². The van der Waals surface area contributed by atoms with Gasteiger partial charge in [-0.15, -0.1) is 11.8 Å². The van der Waals surface area contributed by atoms with Gasteiger partial charge in [-0.25, -0.2) is 4.98 Å². The highest BCUT2D eigenvalue weighted by molar-refractivity contribution is 7.98. The van der Waals surface area contributed by atoms with Crippen molar-refractivity contribution in [1.82, 2.24) is 20.5 Å². The SMILES string of the molecule is CSc1ccc(C(=O)NCc2ncn[nH]2)cc1[N+](=O)[O-]. The highest BCUT2D eigenvalue weighted by atomic mass is 32.2. The Hall–Kier alpha value is -2.42. The van der Waals surface area contributed by atoms with E-state index in [4.69, 9.17) is 0 Å². The minimum absolute atomic E-state index is 0.0789. The lowest BCUT2D eigenvalue weighted by Gasteiger charge is -2.05. The van der Waals surface area contributed by atoms with E-state index in [0.29, 0.717) is 10.7 Å². The number of rotatable bonds is 5. The molecule has 2 rings (SSSR count). The van der Waals surface area contributed by atoms with E-state index in [-0.39, 0.29) is 17.8 Å². The number of amides is 1. The van der Waals surface area contributed by atoms with E-state index in [2.05, 4.69) is 20.5 Å². The average molecular weight is 293 g/mol. The number of nitro groups is 1. The predicted octanol–water partition coefficient (Wildman–Crippen LogP) is 1.36. The second kappa shape index (κ2) is 6.15.